The molecule has 0 aliphatic carbocycles. The molecule has 0 unspecified atom stereocenters. The lowest BCUT2D eigenvalue weighted by molar-refractivity contribution is 0.385. The topological polar surface area (TPSA) is 65.4 Å². The Morgan fingerprint density at radius 3 is 1.40 bits per heavy atom. The van der Waals surface area contributed by atoms with Crippen molar-refractivity contribution in [1.82, 2.24) is 0 Å². The Labute approximate surface area is 265 Å². The third-order valence-electron chi connectivity index (χ3n) is 8.89. The number of benzene rings is 3. The molecule has 0 atom stereocenters. The second kappa shape index (κ2) is 15.8. The van der Waals surface area contributed by atoms with E-state index in [9.17, 15) is 8.42 Å². The summed E-state index contributed by atoms with van der Waals surface area (Å²) < 4.78 is 46.3. The molecular weight excluding hydrogens is 609 g/mol. The van der Waals surface area contributed by atoms with E-state index in [2.05, 4.69) is 53.7 Å². The lowest BCUT2D eigenvalue weighted by Gasteiger charge is -2.36. The molecule has 43 heavy (non-hydrogen) atoms. The molecule has 0 saturated heterocycles. The molecule has 3 rings (SSSR count). The van der Waals surface area contributed by atoms with Gasteiger partial charge in [0.05, 0.1) is 25.0 Å². The number of hydrogen-bond donors (Lipinski definition) is 0. The SMILES string of the molecule is CCCCS(=O)(=O)[OH+]S(c1ccccc1)(c1cccc(O[Si](CC)(CC)CC)c1)c1cccc(O[Si](CC)(CC)CC)c1. The average Bonchev–Trinajstić information content (AvgIpc) is 3.05. The zero-order valence-electron chi connectivity index (χ0n) is 27.3. The quantitative estimate of drug-likeness (QED) is 0.0773. The van der Waals surface area contributed by atoms with E-state index in [-0.39, 0.29) is 5.75 Å². The Morgan fingerprint density at radius 2 is 1.00 bits per heavy atom. The van der Waals surface area contributed by atoms with Crippen molar-refractivity contribution in [3.63, 3.8) is 0 Å². The van der Waals surface area contributed by atoms with Crippen molar-refractivity contribution in [2.45, 2.75) is 112 Å². The van der Waals surface area contributed by atoms with Crippen molar-refractivity contribution in [3.8, 4) is 11.5 Å². The summed E-state index contributed by atoms with van der Waals surface area (Å²) in [5.41, 5.74) is 0. The molecule has 9 heteroatoms. The minimum atomic E-state index is -3.77. The number of rotatable bonds is 18. The van der Waals surface area contributed by atoms with Crippen molar-refractivity contribution < 1.29 is 20.9 Å². The molecule has 0 aliphatic heterocycles. The van der Waals surface area contributed by atoms with E-state index in [0.717, 1.165) is 68.9 Å². The van der Waals surface area contributed by atoms with Gasteiger partial charge < -0.3 is 8.85 Å². The van der Waals surface area contributed by atoms with Gasteiger partial charge in [-0.05, 0) is 91.2 Å². The van der Waals surface area contributed by atoms with Crippen LogP contribution >= 0.6 is 10.3 Å². The van der Waals surface area contributed by atoms with Crippen LogP contribution in [0.5, 0.6) is 11.5 Å². The van der Waals surface area contributed by atoms with Crippen LogP contribution in [-0.4, -0.2) is 34.4 Å². The smallest absolute Gasteiger partial charge is 0.390 e. The van der Waals surface area contributed by atoms with Crippen LogP contribution in [0.2, 0.25) is 36.3 Å². The summed E-state index contributed by atoms with van der Waals surface area (Å²) in [7, 11) is -10.3. The molecule has 0 amide bonds. The first-order chi connectivity index (χ1) is 20.6. The van der Waals surface area contributed by atoms with E-state index in [4.69, 9.17) is 12.5 Å². The van der Waals surface area contributed by atoms with Crippen molar-refractivity contribution in [3.05, 3.63) is 78.9 Å². The van der Waals surface area contributed by atoms with Gasteiger partial charge in [-0.2, -0.15) is 8.42 Å². The van der Waals surface area contributed by atoms with Crippen LogP contribution in [0.4, 0.5) is 0 Å². The molecule has 0 aliphatic rings. The molecule has 0 spiro atoms. The maximum Gasteiger partial charge on any atom is 0.390 e. The van der Waals surface area contributed by atoms with Gasteiger partial charge >= 0.3 is 10.1 Å². The second-order valence-electron chi connectivity index (χ2n) is 11.2. The van der Waals surface area contributed by atoms with Crippen LogP contribution in [0, 0.1) is 0 Å². The molecule has 0 bridgehead atoms. The zero-order valence-corrected chi connectivity index (χ0v) is 30.9. The zero-order chi connectivity index (χ0) is 31.6. The van der Waals surface area contributed by atoms with E-state index in [1.807, 2.05) is 73.7 Å². The molecule has 0 fully saturated rings. The number of hydrogen-bond acceptors (Lipinski definition) is 4. The molecule has 0 aromatic heterocycles. The first-order valence-corrected chi connectivity index (χ1v) is 24.3. The Kier molecular flexibility index (Phi) is 13.0. The number of unbranched alkanes of at least 4 members (excludes halogenated alkanes) is 1. The summed E-state index contributed by atoms with van der Waals surface area (Å²) in [6.45, 7) is 15.3. The first-order valence-electron chi connectivity index (χ1n) is 16.0. The van der Waals surface area contributed by atoms with Gasteiger partial charge in [-0.25, -0.2) is 0 Å². The summed E-state index contributed by atoms with van der Waals surface area (Å²) in [5.74, 6) is 1.61. The predicted molar refractivity (Wildman–Crippen MR) is 189 cm³/mol. The average molecular weight is 662 g/mol. The molecule has 1 N–H and O–H groups in total. The van der Waals surface area contributed by atoms with Crippen molar-refractivity contribution in [2.24, 2.45) is 0 Å². The monoisotopic (exact) mass is 661 g/mol. The van der Waals surface area contributed by atoms with E-state index in [1.54, 1.807) is 0 Å². The van der Waals surface area contributed by atoms with Gasteiger partial charge in [-0.15, -0.1) is 0 Å². The van der Waals surface area contributed by atoms with Gasteiger partial charge in [0.2, 0.25) is 16.6 Å². The van der Waals surface area contributed by atoms with Crippen LogP contribution in [-0.2, 0) is 10.1 Å². The minimum Gasteiger partial charge on any atom is -0.543 e. The van der Waals surface area contributed by atoms with E-state index < -0.39 is 37.1 Å². The maximum atomic E-state index is 13.8. The highest BCUT2D eigenvalue weighted by Crippen LogP contribution is 2.69. The fourth-order valence-electron chi connectivity index (χ4n) is 5.57. The third kappa shape index (κ3) is 8.36. The van der Waals surface area contributed by atoms with Gasteiger partial charge in [0.15, 0.2) is 0 Å². The van der Waals surface area contributed by atoms with Gasteiger partial charge in [0, 0.05) is 0 Å². The highest BCUT2D eigenvalue weighted by atomic mass is 32.3. The Bertz CT molecular complexity index is 1310. The molecular formula is C34H53O5S2Si2+. The minimum absolute atomic E-state index is 0.0204. The molecule has 5 nitrogen and oxygen atoms in total. The van der Waals surface area contributed by atoms with Crippen LogP contribution in [0.15, 0.2) is 93.5 Å². The molecule has 3 aromatic rings. The lowest BCUT2D eigenvalue weighted by Crippen LogP contribution is -2.39. The fourth-order valence-corrected chi connectivity index (χ4v) is 16.5. The van der Waals surface area contributed by atoms with Crippen molar-refractivity contribution in [2.75, 3.05) is 5.75 Å². The third-order valence-corrected chi connectivity index (χ3v) is 23.4. The summed E-state index contributed by atoms with van der Waals surface area (Å²) >= 11 is 0. The molecule has 3 aromatic carbocycles. The largest absolute Gasteiger partial charge is 0.543 e. The van der Waals surface area contributed by atoms with Crippen LogP contribution < -0.4 is 8.85 Å². The van der Waals surface area contributed by atoms with Crippen molar-refractivity contribution >= 4 is 37.1 Å². The highest BCUT2D eigenvalue weighted by molar-refractivity contribution is 8.32. The lowest BCUT2D eigenvalue weighted by atomic mass is 10.3. The molecule has 0 radical (unpaired) electrons. The van der Waals surface area contributed by atoms with Crippen LogP contribution in [0.1, 0.15) is 61.3 Å². The Morgan fingerprint density at radius 1 is 0.581 bits per heavy atom. The summed E-state index contributed by atoms with van der Waals surface area (Å²) in [5, 5.41) is 0. The molecule has 0 heterocycles. The maximum absolute atomic E-state index is 13.8. The Balaban J connectivity index is 2.34. The van der Waals surface area contributed by atoms with Gasteiger partial charge in [0.25, 0.3) is 0 Å². The molecule has 238 valence electrons. The van der Waals surface area contributed by atoms with Crippen molar-refractivity contribution in [1.29, 1.82) is 0 Å². The van der Waals surface area contributed by atoms with Crippen LogP contribution in [0.25, 0.3) is 0 Å². The molecule has 0 saturated carbocycles. The Hall–Kier alpha value is -2.05. The standard InChI is InChI=1S/C34H52O5S2Si2/c1-8-15-27-40(35,36)39-41(32-23-17-16-18-24-32,33-25-19-21-30(28-33)37-42(9-2,10-3)11-4)34-26-20-22-31(29-34)38-43(12-5,13-6)14-7/h16-26,28-29H,8-15,27H2,1-7H3/p+1. The fraction of sp³-hybridized carbons (Fsp3) is 0.471. The highest BCUT2D eigenvalue weighted by Gasteiger charge is 2.44. The second-order valence-corrected chi connectivity index (χ2v) is 25.4. The van der Waals surface area contributed by atoms with E-state index >= 15 is 0 Å². The van der Waals surface area contributed by atoms with Gasteiger partial charge in [-0.3, -0.25) is 3.63 Å². The predicted octanol–water partition coefficient (Wildman–Crippen LogP) is 10.9. The van der Waals surface area contributed by atoms with Crippen LogP contribution in [0.3, 0.4) is 0 Å². The van der Waals surface area contributed by atoms with E-state index in [0.29, 0.717) is 6.42 Å². The normalized spacial score (nSPS) is 13.1. The van der Waals surface area contributed by atoms with Gasteiger partial charge in [0.1, 0.15) is 17.3 Å². The van der Waals surface area contributed by atoms with Gasteiger partial charge in [-0.1, -0.05) is 85.2 Å². The van der Waals surface area contributed by atoms with E-state index in [1.165, 1.54) is 0 Å². The summed E-state index contributed by atoms with van der Waals surface area (Å²) in [6, 6.07) is 32.2. The summed E-state index contributed by atoms with van der Waals surface area (Å²) in [4.78, 5) is 2.58. The summed E-state index contributed by atoms with van der Waals surface area (Å²) in [6.07, 6.45) is 1.35. The first kappa shape index (κ1) is 35.4.